The van der Waals surface area contributed by atoms with Crippen LogP contribution in [0.4, 0.5) is 16.2 Å². The van der Waals surface area contributed by atoms with E-state index in [9.17, 15) is 4.79 Å². The number of carbonyl (C=O) groups is 1. The Balaban J connectivity index is 0.00000196. The van der Waals surface area contributed by atoms with Gasteiger partial charge in [-0.15, -0.1) is 12.4 Å². The number of nitrogens with zero attached hydrogens (tertiary/aromatic N) is 2. The molecule has 4 rings (SSSR count). The summed E-state index contributed by atoms with van der Waals surface area (Å²) < 4.78 is 0. The van der Waals surface area contributed by atoms with Crippen molar-refractivity contribution >= 4 is 29.8 Å². The number of urea groups is 1. The van der Waals surface area contributed by atoms with Gasteiger partial charge in [-0.1, -0.05) is 12.5 Å². The molecule has 6 heteroatoms. The monoisotopic (exact) mass is 372 g/mol. The summed E-state index contributed by atoms with van der Waals surface area (Å²) in [6, 6.07) is 10.4. The summed E-state index contributed by atoms with van der Waals surface area (Å²) in [5.41, 5.74) is 4.37. The van der Waals surface area contributed by atoms with E-state index in [2.05, 4.69) is 32.7 Å². The van der Waals surface area contributed by atoms with Crippen LogP contribution < -0.4 is 10.6 Å². The van der Waals surface area contributed by atoms with E-state index in [4.69, 9.17) is 0 Å². The summed E-state index contributed by atoms with van der Waals surface area (Å²) in [5, 5.41) is 5.75. The molecule has 0 bridgehead atoms. The van der Waals surface area contributed by atoms with Gasteiger partial charge in [-0.25, -0.2) is 4.79 Å². The quantitative estimate of drug-likeness (QED) is 0.852. The molecule has 1 saturated carbocycles. The van der Waals surface area contributed by atoms with Crippen molar-refractivity contribution in [3.8, 4) is 0 Å². The molecular formula is C20H25ClN4O. The Morgan fingerprint density at radius 2 is 1.65 bits per heavy atom. The minimum Gasteiger partial charge on any atom is -0.308 e. The molecule has 2 aliphatic rings. The number of hydrogen-bond acceptors (Lipinski definition) is 3. The van der Waals surface area contributed by atoms with Gasteiger partial charge in [-0.3, -0.25) is 9.88 Å². The lowest BCUT2D eigenvalue weighted by Gasteiger charge is -2.36. The van der Waals surface area contributed by atoms with E-state index >= 15 is 0 Å². The van der Waals surface area contributed by atoms with E-state index in [1.165, 1.54) is 30.4 Å². The molecule has 1 fully saturated rings. The molecule has 2 heterocycles. The highest BCUT2D eigenvalue weighted by molar-refractivity contribution is 5.99. The average Bonchev–Trinajstić information content (AvgIpc) is 2.77. The van der Waals surface area contributed by atoms with Crippen LogP contribution in [-0.2, 0) is 12.8 Å². The molecule has 0 spiro atoms. The lowest BCUT2D eigenvalue weighted by molar-refractivity contribution is 0.133. The Morgan fingerprint density at radius 3 is 2.35 bits per heavy atom. The van der Waals surface area contributed by atoms with Crippen LogP contribution in [0.2, 0.25) is 0 Å². The van der Waals surface area contributed by atoms with Gasteiger partial charge < -0.3 is 10.6 Å². The highest BCUT2D eigenvalue weighted by Crippen LogP contribution is 2.28. The van der Waals surface area contributed by atoms with E-state index in [1.54, 1.807) is 24.5 Å². The Morgan fingerprint density at radius 1 is 0.962 bits per heavy atom. The first kappa shape index (κ1) is 18.7. The SMILES string of the molecule is Cl.O=C(Nc1ccncc1)Nc1ccc2c(c1)CCN(C1CCC1)CC2. The molecule has 0 unspecified atom stereocenters. The van der Waals surface area contributed by atoms with Crippen LogP contribution in [0.3, 0.4) is 0 Å². The maximum atomic E-state index is 12.2. The minimum atomic E-state index is -0.226. The van der Waals surface area contributed by atoms with Gasteiger partial charge in [0.25, 0.3) is 0 Å². The predicted molar refractivity (Wildman–Crippen MR) is 107 cm³/mol. The van der Waals surface area contributed by atoms with E-state index in [-0.39, 0.29) is 18.4 Å². The van der Waals surface area contributed by atoms with Gasteiger partial charge in [0.2, 0.25) is 0 Å². The van der Waals surface area contributed by atoms with Crippen LogP contribution in [-0.4, -0.2) is 35.0 Å². The highest BCUT2D eigenvalue weighted by Gasteiger charge is 2.26. The number of pyridine rings is 1. The van der Waals surface area contributed by atoms with Crippen molar-refractivity contribution in [2.75, 3.05) is 23.7 Å². The van der Waals surface area contributed by atoms with Gasteiger partial charge in [0.1, 0.15) is 0 Å². The molecule has 5 nitrogen and oxygen atoms in total. The zero-order valence-corrected chi connectivity index (χ0v) is 15.6. The smallest absolute Gasteiger partial charge is 0.308 e. The molecule has 26 heavy (non-hydrogen) atoms. The van der Waals surface area contributed by atoms with Crippen molar-refractivity contribution in [3.63, 3.8) is 0 Å². The Kier molecular flexibility index (Phi) is 6.12. The molecule has 2 N–H and O–H groups in total. The molecule has 138 valence electrons. The number of hydrogen-bond donors (Lipinski definition) is 2. The topological polar surface area (TPSA) is 57.3 Å². The van der Waals surface area contributed by atoms with Gasteiger partial charge in [0, 0.05) is 42.9 Å². The van der Waals surface area contributed by atoms with Crippen molar-refractivity contribution in [2.45, 2.75) is 38.1 Å². The van der Waals surface area contributed by atoms with Gasteiger partial charge in [-0.2, -0.15) is 0 Å². The Hall–Kier alpha value is -2.11. The molecule has 1 aromatic heterocycles. The number of aromatic nitrogens is 1. The van der Waals surface area contributed by atoms with Crippen molar-refractivity contribution in [1.29, 1.82) is 0 Å². The fourth-order valence-corrected chi connectivity index (χ4v) is 3.67. The van der Waals surface area contributed by atoms with Crippen LogP contribution in [0.25, 0.3) is 0 Å². The Labute approximate surface area is 160 Å². The Bertz CT molecular complexity index is 749. The maximum absolute atomic E-state index is 12.2. The van der Waals surface area contributed by atoms with Gasteiger partial charge in [0.15, 0.2) is 0 Å². The first-order valence-corrected chi connectivity index (χ1v) is 9.12. The average molecular weight is 373 g/mol. The first-order valence-electron chi connectivity index (χ1n) is 9.12. The third-order valence-corrected chi connectivity index (χ3v) is 5.33. The summed E-state index contributed by atoms with van der Waals surface area (Å²) in [6.07, 6.45) is 9.59. The third-order valence-electron chi connectivity index (χ3n) is 5.33. The largest absolute Gasteiger partial charge is 0.323 e. The molecule has 0 saturated heterocycles. The van der Waals surface area contributed by atoms with Crippen LogP contribution in [0.15, 0.2) is 42.7 Å². The van der Waals surface area contributed by atoms with E-state index in [0.29, 0.717) is 0 Å². The molecule has 2 aromatic rings. The summed E-state index contributed by atoms with van der Waals surface area (Å²) >= 11 is 0. The summed E-state index contributed by atoms with van der Waals surface area (Å²) in [4.78, 5) is 18.7. The summed E-state index contributed by atoms with van der Waals surface area (Å²) in [7, 11) is 0. The van der Waals surface area contributed by atoms with Crippen LogP contribution >= 0.6 is 12.4 Å². The minimum absolute atomic E-state index is 0. The second-order valence-electron chi connectivity index (χ2n) is 6.92. The summed E-state index contributed by atoms with van der Waals surface area (Å²) in [5.74, 6) is 0. The number of carbonyl (C=O) groups excluding carboxylic acids is 1. The molecular weight excluding hydrogens is 348 g/mol. The first-order chi connectivity index (χ1) is 12.3. The lowest BCUT2D eigenvalue weighted by Crippen LogP contribution is -2.41. The molecule has 0 atom stereocenters. The van der Waals surface area contributed by atoms with Crippen LogP contribution in [0, 0.1) is 0 Å². The number of fused-ring (bicyclic) bond motifs is 1. The molecule has 0 radical (unpaired) electrons. The van der Waals surface area contributed by atoms with Gasteiger partial charge >= 0.3 is 6.03 Å². The number of rotatable bonds is 3. The second-order valence-corrected chi connectivity index (χ2v) is 6.92. The molecule has 1 aromatic carbocycles. The van der Waals surface area contributed by atoms with E-state index in [1.807, 2.05) is 6.07 Å². The van der Waals surface area contributed by atoms with Crippen LogP contribution in [0.1, 0.15) is 30.4 Å². The zero-order valence-electron chi connectivity index (χ0n) is 14.8. The highest BCUT2D eigenvalue weighted by atomic mass is 35.5. The predicted octanol–water partition coefficient (Wildman–Crippen LogP) is 4.10. The molecule has 2 amide bonds. The zero-order chi connectivity index (χ0) is 17.1. The second kappa shape index (κ2) is 8.52. The number of nitrogens with one attached hydrogen (secondary N) is 2. The maximum Gasteiger partial charge on any atom is 0.323 e. The summed E-state index contributed by atoms with van der Waals surface area (Å²) in [6.45, 7) is 2.29. The van der Waals surface area contributed by atoms with Gasteiger partial charge in [0.05, 0.1) is 0 Å². The number of benzene rings is 1. The standard InChI is InChI=1S/C20H24N4O.ClH/c25-20(22-17-6-10-21-11-7-17)23-18-5-4-15-8-12-24(19-2-1-3-19)13-9-16(15)14-18;/h4-7,10-11,14,19H,1-3,8-9,12-13H2,(H2,21,22,23,25);1H. The van der Waals surface area contributed by atoms with Crippen molar-refractivity contribution < 1.29 is 4.79 Å². The number of halogens is 1. The molecule has 1 aliphatic heterocycles. The normalized spacial score (nSPS) is 17.2. The van der Waals surface area contributed by atoms with Crippen molar-refractivity contribution in [2.24, 2.45) is 0 Å². The fraction of sp³-hybridized carbons (Fsp3) is 0.400. The molecule has 1 aliphatic carbocycles. The fourth-order valence-electron chi connectivity index (χ4n) is 3.67. The lowest BCUT2D eigenvalue weighted by atomic mass is 9.91. The van der Waals surface area contributed by atoms with E-state index in [0.717, 1.165) is 43.3 Å². The van der Waals surface area contributed by atoms with Gasteiger partial charge in [-0.05, 0) is 61.1 Å². The number of anilines is 2. The third kappa shape index (κ3) is 4.34. The van der Waals surface area contributed by atoms with Crippen molar-refractivity contribution in [3.05, 3.63) is 53.9 Å². The van der Waals surface area contributed by atoms with Crippen LogP contribution in [0.5, 0.6) is 0 Å². The number of amides is 2. The van der Waals surface area contributed by atoms with Crippen molar-refractivity contribution in [1.82, 2.24) is 9.88 Å². The van der Waals surface area contributed by atoms with E-state index < -0.39 is 0 Å².